The number of thioether (sulfide) groups is 1. The lowest BCUT2D eigenvalue weighted by Gasteiger charge is -2.08. The molecule has 5 nitrogen and oxygen atoms in total. The van der Waals surface area contributed by atoms with Gasteiger partial charge in [-0.05, 0) is 47.5 Å². The number of benzene rings is 2. The summed E-state index contributed by atoms with van der Waals surface area (Å²) in [4.78, 5) is 24.1. The topological polar surface area (TPSA) is 71.3 Å². The van der Waals surface area contributed by atoms with Gasteiger partial charge in [-0.2, -0.15) is 0 Å². The number of halogens is 1. The predicted molar refractivity (Wildman–Crippen MR) is 113 cm³/mol. The van der Waals surface area contributed by atoms with Gasteiger partial charge in [0.15, 0.2) is 5.76 Å². The SMILES string of the molecule is O=C(CSCc1cccc(Cl)c1)NCc1cccc(NC(=O)c2ccco2)c1. The van der Waals surface area contributed by atoms with Crippen LogP contribution in [0.5, 0.6) is 0 Å². The second kappa shape index (κ2) is 10.0. The Balaban J connectivity index is 1.43. The molecule has 3 aromatic rings. The molecule has 0 saturated carbocycles. The molecule has 1 heterocycles. The lowest BCUT2D eigenvalue weighted by molar-refractivity contribution is -0.118. The molecule has 3 rings (SSSR count). The summed E-state index contributed by atoms with van der Waals surface area (Å²) in [5.74, 6) is 0.972. The maximum Gasteiger partial charge on any atom is 0.291 e. The summed E-state index contributed by atoms with van der Waals surface area (Å²) in [6, 6.07) is 18.2. The van der Waals surface area contributed by atoms with Crippen LogP contribution in [0, 0.1) is 0 Å². The molecule has 0 aliphatic carbocycles. The van der Waals surface area contributed by atoms with Crippen molar-refractivity contribution in [3.8, 4) is 0 Å². The molecule has 0 atom stereocenters. The first-order valence-electron chi connectivity index (χ1n) is 8.63. The Labute approximate surface area is 172 Å². The van der Waals surface area contributed by atoms with Crippen molar-refractivity contribution < 1.29 is 14.0 Å². The van der Waals surface area contributed by atoms with Crippen molar-refractivity contribution in [3.63, 3.8) is 0 Å². The van der Waals surface area contributed by atoms with Crippen LogP contribution < -0.4 is 10.6 Å². The van der Waals surface area contributed by atoms with Crippen LogP contribution in [0.25, 0.3) is 0 Å². The Morgan fingerprint density at radius 3 is 2.61 bits per heavy atom. The highest BCUT2D eigenvalue weighted by atomic mass is 35.5. The third kappa shape index (κ3) is 6.18. The van der Waals surface area contributed by atoms with Crippen molar-refractivity contribution in [2.45, 2.75) is 12.3 Å². The van der Waals surface area contributed by atoms with E-state index in [1.54, 1.807) is 18.2 Å². The fourth-order valence-electron chi connectivity index (χ4n) is 2.50. The summed E-state index contributed by atoms with van der Waals surface area (Å²) < 4.78 is 5.07. The first-order chi connectivity index (χ1) is 13.6. The fourth-order valence-corrected chi connectivity index (χ4v) is 3.52. The number of amides is 2. The highest BCUT2D eigenvalue weighted by molar-refractivity contribution is 7.99. The van der Waals surface area contributed by atoms with Crippen molar-refractivity contribution in [2.75, 3.05) is 11.1 Å². The molecule has 0 spiro atoms. The van der Waals surface area contributed by atoms with Gasteiger partial charge in [-0.15, -0.1) is 11.8 Å². The first-order valence-corrected chi connectivity index (χ1v) is 10.2. The van der Waals surface area contributed by atoms with E-state index in [4.69, 9.17) is 16.0 Å². The summed E-state index contributed by atoms with van der Waals surface area (Å²) >= 11 is 7.49. The summed E-state index contributed by atoms with van der Waals surface area (Å²) in [5.41, 5.74) is 2.62. The van der Waals surface area contributed by atoms with Gasteiger partial charge in [-0.3, -0.25) is 9.59 Å². The summed E-state index contributed by atoms with van der Waals surface area (Å²) in [5, 5.41) is 6.35. The van der Waals surface area contributed by atoms with Crippen LogP contribution in [0.4, 0.5) is 5.69 Å². The summed E-state index contributed by atoms with van der Waals surface area (Å²) in [7, 11) is 0. The average Bonchev–Trinajstić information content (AvgIpc) is 3.22. The Morgan fingerprint density at radius 1 is 1.00 bits per heavy atom. The van der Waals surface area contributed by atoms with E-state index in [0.717, 1.165) is 16.9 Å². The Kier molecular flexibility index (Phi) is 7.17. The second-order valence-electron chi connectivity index (χ2n) is 6.03. The number of nitrogens with one attached hydrogen (secondary N) is 2. The van der Waals surface area contributed by atoms with Crippen LogP contribution in [0.2, 0.25) is 5.02 Å². The zero-order valence-electron chi connectivity index (χ0n) is 15.0. The van der Waals surface area contributed by atoms with E-state index in [-0.39, 0.29) is 17.6 Å². The highest BCUT2D eigenvalue weighted by Gasteiger charge is 2.09. The van der Waals surface area contributed by atoms with Gasteiger partial charge in [0.25, 0.3) is 5.91 Å². The second-order valence-corrected chi connectivity index (χ2v) is 7.45. The van der Waals surface area contributed by atoms with Gasteiger partial charge in [0.2, 0.25) is 5.91 Å². The molecule has 0 unspecified atom stereocenters. The van der Waals surface area contributed by atoms with Gasteiger partial charge in [0.1, 0.15) is 0 Å². The molecule has 0 bridgehead atoms. The standard InChI is InChI=1S/C21H19ClN2O3S/c22-17-6-1-5-16(10-17)13-28-14-20(25)23-12-15-4-2-7-18(11-15)24-21(26)19-8-3-9-27-19/h1-11H,12-14H2,(H,23,25)(H,24,26). The van der Waals surface area contributed by atoms with Gasteiger partial charge in [0, 0.05) is 23.0 Å². The smallest absolute Gasteiger partial charge is 0.291 e. The Morgan fingerprint density at radius 2 is 1.82 bits per heavy atom. The minimum Gasteiger partial charge on any atom is -0.459 e. The number of rotatable bonds is 8. The number of furan rings is 1. The maximum absolute atomic E-state index is 12.1. The third-order valence-electron chi connectivity index (χ3n) is 3.81. The van der Waals surface area contributed by atoms with Crippen LogP contribution in [-0.4, -0.2) is 17.6 Å². The molecule has 0 aliphatic rings. The molecule has 0 saturated heterocycles. The molecule has 2 aromatic carbocycles. The van der Waals surface area contributed by atoms with Crippen molar-refractivity contribution >= 4 is 40.9 Å². The minimum absolute atomic E-state index is 0.0444. The Hall–Kier alpha value is -2.70. The van der Waals surface area contributed by atoms with Gasteiger partial charge < -0.3 is 15.1 Å². The Bertz CT molecular complexity index is 944. The van der Waals surface area contributed by atoms with E-state index in [9.17, 15) is 9.59 Å². The minimum atomic E-state index is -0.316. The molecule has 2 amide bonds. The zero-order valence-corrected chi connectivity index (χ0v) is 16.6. The van der Waals surface area contributed by atoms with E-state index in [0.29, 0.717) is 23.0 Å². The van der Waals surface area contributed by atoms with Crippen molar-refractivity contribution in [1.82, 2.24) is 5.32 Å². The molecule has 7 heteroatoms. The van der Waals surface area contributed by atoms with Gasteiger partial charge in [-0.1, -0.05) is 35.9 Å². The lowest BCUT2D eigenvalue weighted by Crippen LogP contribution is -2.24. The normalized spacial score (nSPS) is 10.5. The molecule has 1 aromatic heterocycles. The van der Waals surface area contributed by atoms with Crippen molar-refractivity contribution in [2.24, 2.45) is 0 Å². The molecular weight excluding hydrogens is 396 g/mol. The van der Waals surface area contributed by atoms with Crippen LogP contribution in [-0.2, 0) is 17.1 Å². The van der Waals surface area contributed by atoms with Crippen LogP contribution in [0.3, 0.4) is 0 Å². The lowest BCUT2D eigenvalue weighted by atomic mass is 10.2. The molecule has 28 heavy (non-hydrogen) atoms. The third-order valence-corrected chi connectivity index (χ3v) is 5.05. The summed E-state index contributed by atoms with van der Waals surface area (Å²) in [6.45, 7) is 0.390. The molecule has 144 valence electrons. The van der Waals surface area contributed by atoms with E-state index in [1.807, 2.05) is 42.5 Å². The van der Waals surface area contributed by atoms with Gasteiger partial charge in [-0.25, -0.2) is 0 Å². The largest absolute Gasteiger partial charge is 0.459 e. The highest BCUT2D eigenvalue weighted by Crippen LogP contribution is 2.17. The average molecular weight is 415 g/mol. The van der Waals surface area contributed by atoms with Gasteiger partial charge >= 0.3 is 0 Å². The summed E-state index contributed by atoms with van der Waals surface area (Å²) in [6.07, 6.45) is 1.45. The fraction of sp³-hybridized carbons (Fsp3) is 0.143. The number of anilines is 1. The van der Waals surface area contributed by atoms with Crippen molar-refractivity contribution in [1.29, 1.82) is 0 Å². The van der Waals surface area contributed by atoms with Crippen molar-refractivity contribution in [3.05, 3.63) is 88.8 Å². The zero-order chi connectivity index (χ0) is 19.8. The van der Waals surface area contributed by atoms with Crippen LogP contribution in [0.15, 0.2) is 71.3 Å². The molecule has 0 fully saturated rings. The van der Waals surface area contributed by atoms with Gasteiger partial charge in [0.05, 0.1) is 12.0 Å². The van der Waals surface area contributed by atoms with Crippen LogP contribution >= 0.6 is 23.4 Å². The monoisotopic (exact) mass is 414 g/mol. The number of hydrogen-bond acceptors (Lipinski definition) is 4. The van der Waals surface area contributed by atoms with E-state index < -0.39 is 0 Å². The van der Waals surface area contributed by atoms with E-state index >= 15 is 0 Å². The van der Waals surface area contributed by atoms with Crippen LogP contribution in [0.1, 0.15) is 21.7 Å². The first kappa shape index (κ1) is 20.0. The molecule has 0 radical (unpaired) electrons. The number of hydrogen-bond donors (Lipinski definition) is 2. The predicted octanol–water partition coefficient (Wildman–Crippen LogP) is 4.73. The quantitative estimate of drug-likeness (QED) is 0.558. The molecule has 0 aliphatic heterocycles. The number of carbonyl (C=O) groups is 2. The molecule has 2 N–H and O–H groups in total. The van der Waals surface area contributed by atoms with E-state index in [2.05, 4.69) is 10.6 Å². The number of carbonyl (C=O) groups excluding carboxylic acids is 2. The van der Waals surface area contributed by atoms with E-state index in [1.165, 1.54) is 18.0 Å². The maximum atomic E-state index is 12.1. The molecular formula is C21H19ClN2O3S.